The predicted octanol–water partition coefficient (Wildman–Crippen LogP) is 5.79. The Morgan fingerprint density at radius 3 is 2.61 bits per heavy atom. The number of aromatic nitrogens is 2. The van der Waals surface area contributed by atoms with Gasteiger partial charge in [-0.15, -0.1) is 16.9 Å². The van der Waals surface area contributed by atoms with E-state index in [0.717, 1.165) is 42.5 Å². The van der Waals surface area contributed by atoms with E-state index in [1.807, 2.05) is 17.8 Å². The van der Waals surface area contributed by atoms with Gasteiger partial charge in [-0.3, -0.25) is 4.79 Å². The van der Waals surface area contributed by atoms with E-state index in [1.54, 1.807) is 0 Å². The molecule has 0 fully saturated rings. The third-order valence-corrected chi connectivity index (χ3v) is 6.97. The van der Waals surface area contributed by atoms with Crippen LogP contribution in [0.4, 0.5) is 0 Å². The lowest BCUT2D eigenvalue weighted by atomic mass is 9.76. The molecule has 164 valence electrons. The van der Waals surface area contributed by atoms with Crippen molar-refractivity contribution in [2.75, 3.05) is 0 Å². The summed E-state index contributed by atoms with van der Waals surface area (Å²) in [6.07, 6.45) is 4.41. The van der Waals surface area contributed by atoms with Crippen LogP contribution in [0.25, 0.3) is 0 Å². The molecule has 5 heteroatoms. The highest BCUT2D eigenvalue weighted by Crippen LogP contribution is 2.50. The van der Waals surface area contributed by atoms with E-state index in [-0.39, 0.29) is 16.6 Å². The molecule has 31 heavy (non-hydrogen) atoms. The number of aliphatic carboxylic acids is 1. The maximum absolute atomic E-state index is 10.7. The van der Waals surface area contributed by atoms with Gasteiger partial charge < -0.3 is 5.11 Å². The molecule has 2 heterocycles. The van der Waals surface area contributed by atoms with Gasteiger partial charge in [-0.1, -0.05) is 40.5 Å². The molecule has 0 amide bonds. The second-order valence-corrected chi connectivity index (χ2v) is 11.3. The number of thioether (sulfide) groups is 1. The van der Waals surface area contributed by atoms with Gasteiger partial charge in [-0.05, 0) is 78.8 Å². The SMILES string of the molecule is CCc1cc(C#Cc2ccc3c(c2)C(C)(C)CC(C)(C)S3)nnc1CCCCC(=O)O. The van der Waals surface area contributed by atoms with Crippen LogP contribution in [0, 0.1) is 11.8 Å². The van der Waals surface area contributed by atoms with Crippen LogP contribution in [0.1, 0.15) is 88.4 Å². The minimum absolute atomic E-state index is 0.124. The van der Waals surface area contributed by atoms with Crippen LogP contribution in [-0.2, 0) is 23.1 Å². The first-order valence-corrected chi connectivity index (χ1v) is 11.8. The Morgan fingerprint density at radius 1 is 1.13 bits per heavy atom. The Labute approximate surface area is 190 Å². The first kappa shape index (κ1) is 23.3. The molecule has 0 unspecified atom stereocenters. The third kappa shape index (κ3) is 6.11. The van der Waals surface area contributed by atoms with Crippen molar-refractivity contribution in [3.63, 3.8) is 0 Å². The van der Waals surface area contributed by atoms with E-state index in [1.165, 1.54) is 10.5 Å². The summed E-state index contributed by atoms with van der Waals surface area (Å²) in [5.41, 5.74) is 5.27. The molecule has 1 aromatic heterocycles. The van der Waals surface area contributed by atoms with Crippen molar-refractivity contribution >= 4 is 17.7 Å². The molecule has 1 aliphatic rings. The van der Waals surface area contributed by atoms with Gasteiger partial charge in [0.2, 0.25) is 0 Å². The van der Waals surface area contributed by atoms with Gasteiger partial charge in [0, 0.05) is 21.6 Å². The van der Waals surface area contributed by atoms with Gasteiger partial charge in [0.1, 0.15) is 5.69 Å². The summed E-state index contributed by atoms with van der Waals surface area (Å²) in [6, 6.07) is 8.56. The monoisotopic (exact) mass is 436 g/mol. The van der Waals surface area contributed by atoms with Gasteiger partial charge in [-0.2, -0.15) is 5.10 Å². The van der Waals surface area contributed by atoms with Gasteiger partial charge in [0.15, 0.2) is 0 Å². The number of fused-ring (bicyclic) bond motifs is 1. The standard InChI is InChI=1S/C26H32N2O2S/c1-6-19-16-20(27-28-22(19)9-7-8-10-24(29)30)13-11-18-12-14-23-21(15-18)25(2,3)17-26(4,5)31-23/h12,14-16H,6-10,17H2,1-5H3,(H,29,30). The van der Waals surface area contributed by atoms with Crippen molar-refractivity contribution in [3.05, 3.63) is 52.3 Å². The molecule has 0 radical (unpaired) electrons. The van der Waals surface area contributed by atoms with E-state index >= 15 is 0 Å². The number of unbranched alkanes of at least 4 members (excludes halogenated alkanes) is 1. The molecule has 0 atom stereocenters. The van der Waals surface area contributed by atoms with Crippen LogP contribution >= 0.6 is 11.8 Å². The van der Waals surface area contributed by atoms with Crippen LogP contribution in [0.15, 0.2) is 29.2 Å². The van der Waals surface area contributed by atoms with E-state index in [2.05, 4.69) is 74.9 Å². The van der Waals surface area contributed by atoms with Crippen molar-refractivity contribution in [2.24, 2.45) is 0 Å². The van der Waals surface area contributed by atoms with Crippen molar-refractivity contribution in [3.8, 4) is 11.8 Å². The van der Waals surface area contributed by atoms with Gasteiger partial charge >= 0.3 is 5.97 Å². The number of hydrogen-bond acceptors (Lipinski definition) is 4. The lowest BCUT2D eigenvalue weighted by molar-refractivity contribution is -0.137. The van der Waals surface area contributed by atoms with E-state index < -0.39 is 5.97 Å². The highest BCUT2D eigenvalue weighted by atomic mass is 32.2. The topological polar surface area (TPSA) is 63.1 Å². The molecular formula is C26H32N2O2S. The minimum Gasteiger partial charge on any atom is -0.481 e. The first-order valence-electron chi connectivity index (χ1n) is 11.0. The molecular weight excluding hydrogens is 404 g/mol. The number of rotatable bonds is 6. The van der Waals surface area contributed by atoms with E-state index in [9.17, 15) is 4.79 Å². The summed E-state index contributed by atoms with van der Waals surface area (Å²) in [6.45, 7) is 11.4. The van der Waals surface area contributed by atoms with E-state index in [4.69, 9.17) is 5.11 Å². The van der Waals surface area contributed by atoms with Crippen molar-refractivity contribution in [1.82, 2.24) is 10.2 Å². The Morgan fingerprint density at radius 2 is 1.90 bits per heavy atom. The number of carbonyl (C=O) groups is 1. The number of benzene rings is 1. The number of carboxylic acids is 1. The second kappa shape index (κ2) is 9.44. The fraction of sp³-hybridized carbons (Fsp3) is 0.500. The summed E-state index contributed by atoms with van der Waals surface area (Å²) in [4.78, 5) is 12.0. The van der Waals surface area contributed by atoms with Crippen LogP contribution in [0.2, 0.25) is 0 Å². The maximum Gasteiger partial charge on any atom is 0.303 e. The molecule has 2 aromatic rings. The number of hydrogen-bond donors (Lipinski definition) is 1. The van der Waals surface area contributed by atoms with Crippen LogP contribution in [-0.4, -0.2) is 26.0 Å². The van der Waals surface area contributed by atoms with Gasteiger partial charge in [0.05, 0.1) is 5.69 Å². The Bertz CT molecular complexity index is 1030. The average molecular weight is 437 g/mol. The Kier molecular flexibility index (Phi) is 7.11. The Hall–Kier alpha value is -2.32. The molecule has 1 N–H and O–H groups in total. The van der Waals surface area contributed by atoms with Crippen LogP contribution in [0.3, 0.4) is 0 Å². The van der Waals surface area contributed by atoms with Crippen molar-refractivity contribution in [2.45, 2.75) is 88.2 Å². The number of aryl methyl sites for hydroxylation is 2. The lowest BCUT2D eigenvalue weighted by Gasteiger charge is -2.41. The highest BCUT2D eigenvalue weighted by molar-refractivity contribution is 8.00. The average Bonchev–Trinajstić information content (AvgIpc) is 2.68. The largest absolute Gasteiger partial charge is 0.481 e. The molecule has 0 saturated heterocycles. The molecule has 0 spiro atoms. The van der Waals surface area contributed by atoms with Gasteiger partial charge in [-0.25, -0.2) is 0 Å². The second-order valence-electron chi connectivity index (χ2n) is 9.54. The van der Waals surface area contributed by atoms with Crippen molar-refractivity contribution in [1.29, 1.82) is 0 Å². The molecule has 1 aromatic carbocycles. The zero-order chi connectivity index (χ0) is 22.6. The fourth-order valence-electron chi connectivity index (χ4n) is 4.46. The van der Waals surface area contributed by atoms with Crippen molar-refractivity contribution < 1.29 is 9.90 Å². The minimum atomic E-state index is -0.750. The van der Waals surface area contributed by atoms with Gasteiger partial charge in [0.25, 0.3) is 0 Å². The summed E-state index contributed by atoms with van der Waals surface area (Å²) in [5, 5.41) is 17.5. The third-order valence-electron chi connectivity index (χ3n) is 5.69. The number of nitrogens with zero attached hydrogens (tertiary/aromatic N) is 2. The quantitative estimate of drug-likeness (QED) is 0.459. The summed E-state index contributed by atoms with van der Waals surface area (Å²) in [5.74, 6) is 5.72. The molecule has 1 aliphatic heterocycles. The lowest BCUT2D eigenvalue weighted by Crippen LogP contribution is -2.33. The number of carboxylic acid groups (broad SMARTS) is 1. The molecule has 0 bridgehead atoms. The van der Waals surface area contributed by atoms with Crippen LogP contribution in [0.5, 0.6) is 0 Å². The molecule has 0 saturated carbocycles. The predicted molar refractivity (Wildman–Crippen MR) is 127 cm³/mol. The zero-order valence-electron chi connectivity index (χ0n) is 19.2. The van der Waals surface area contributed by atoms with E-state index in [0.29, 0.717) is 12.1 Å². The Balaban J connectivity index is 1.77. The first-order chi connectivity index (χ1) is 14.6. The molecule has 0 aliphatic carbocycles. The summed E-state index contributed by atoms with van der Waals surface area (Å²) >= 11 is 1.95. The summed E-state index contributed by atoms with van der Waals surface area (Å²) in [7, 11) is 0. The maximum atomic E-state index is 10.7. The fourth-order valence-corrected chi connectivity index (χ4v) is 6.07. The summed E-state index contributed by atoms with van der Waals surface area (Å²) < 4.78 is 0.241. The molecule has 4 nitrogen and oxygen atoms in total. The smallest absolute Gasteiger partial charge is 0.303 e. The molecule has 3 rings (SSSR count). The van der Waals surface area contributed by atoms with Crippen LogP contribution < -0.4 is 0 Å². The highest BCUT2D eigenvalue weighted by Gasteiger charge is 2.37. The normalized spacial score (nSPS) is 16.2. The zero-order valence-corrected chi connectivity index (χ0v) is 20.0.